The van der Waals surface area contributed by atoms with Gasteiger partial charge in [-0.05, 0) is 47.7 Å². The summed E-state index contributed by atoms with van der Waals surface area (Å²) < 4.78 is 14.5. The van der Waals surface area contributed by atoms with Gasteiger partial charge >= 0.3 is 0 Å². The molecule has 1 aromatic rings. The zero-order valence-electron chi connectivity index (χ0n) is 9.42. The second-order valence-electron chi connectivity index (χ2n) is 5.18. The molecule has 0 spiro atoms. The molecule has 2 aliphatic rings. The van der Waals surface area contributed by atoms with Crippen LogP contribution in [-0.4, -0.2) is 17.2 Å². The van der Waals surface area contributed by atoms with Crippen LogP contribution in [0.5, 0.6) is 0 Å². The van der Waals surface area contributed by atoms with Crippen molar-refractivity contribution in [2.75, 3.05) is 0 Å². The van der Waals surface area contributed by atoms with E-state index >= 15 is 0 Å². The maximum Gasteiger partial charge on any atom is 0.143 e. The summed E-state index contributed by atoms with van der Waals surface area (Å²) in [6.07, 6.45) is 3.39. The first-order valence-corrected chi connectivity index (χ1v) is 6.81. The van der Waals surface area contributed by atoms with Gasteiger partial charge in [0.1, 0.15) is 5.82 Å². The van der Waals surface area contributed by atoms with Gasteiger partial charge < -0.3 is 10.4 Å². The van der Waals surface area contributed by atoms with Gasteiger partial charge in [0.25, 0.3) is 0 Å². The van der Waals surface area contributed by atoms with E-state index < -0.39 is 5.60 Å². The number of halogens is 2. The summed E-state index contributed by atoms with van der Waals surface area (Å²) in [6, 6.07) is 5.81. The Bertz CT molecular complexity index is 439. The molecule has 2 atom stereocenters. The second-order valence-corrected chi connectivity index (χ2v) is 6.03. The Labute approximate surface area is 108 Å². The first-order chi connectivity index (χ1) is 8.08. The highest BCUT2D eigenvalue weighted by Crippen LogP contribution is 2.42. The van der Waals surface area contributed by atoms with Crippen molar-refractivity contribution >= 4 is 15.9 Å². The molecule has 1 aromatic carbocycles. The molecule has 2 aliphatic heterocycles. The van der Waals surface area contributed by atoms with Gasteiger partial charge in [0.2, 0.25) is 0 Å². The summed E-state index contributed by atoms with van der Waals surface area (Å²) in [5.41, 5.74) is -0.574. The van der Waals surface area contributed by atoms with Crippen LogP contribution < -0.4 is 5.32 Å². The quantitative estimate of drug-likeness (QED) is 0.836. The van der Waals surface area contributed by atoms with Crippen molar-refractivity contribution in [3.8, 4) is 0 Å². The van der Waals surface area contributed by atoms with Crippen LogP contribution in [0.3, 0.4) is 0 Å². The Kier molecular flexibility index (Phi) is 2.76. The first-order valence-electron chi connectivity index (χ1n) is 6.01. The molecule has 2 unspecified atom stereocenters. The van der Waals surface area contributed by atoms with Crippen molar-refractivity contribution in [2.45, 2.75) is 43.4 Å². The van der Waals surface area contributed by atoms with Crippen LogP contribution >= 0.6 is 15.9 Å². The molecule has 0 aliphatic carbocycles. The number of hydrogen-bond acceptors (Lipinski definition) is 2. The van der Waals surface area contributed by atoms with Gasteiger partial charge in [-0.15, -0.1) is 0 Å². The molecule has 2 N–H and O–H groups in total. The van der Waals surface area contributed by atoms with Gasteiger partial charge in [0.05, 0.1) is 10.1 Å². The van der Waals surface area contributed by atoms with Crippen molar-refractivity contribution < 1.29 is 9.50 Å². The number of nitrogens with one attached hydrogen (secondary N) is 1. The molecule has 3 rings (SSSR count). The van der Waals surface area contributed by atoms with Crippen molar-refractivity contribution in [3.05, 3.63) is 34.1 Å². The second kappa shape index (κ2) is 4.04. The third-order valence-corrected chi connectivity index (χ3v) is 4.57. The first kappa shape index (κ1) is 11.6. The van der Waals surface area contributed by atoms with Crippen LogP contribution in [0.4, 0.5) is 4.39 Å². The van der Waals surface area contributed by atoms with Gasteiger partial charge in [-0.2, -0.15) is 0 Å². The molecule has 2 saturated heterocycles. The summed E-state index contributed by atoms with van der Waals surface area (Å²) in [5, 5.41) is 14.2. The lowest BCUT2D eigenvalue weighted by atomic mass is 9.81. The van der Waals surface area contributed by atoms with Crippen LogP contribution in [0.25, 0.3) is 0 Å². The molecule has 0 aromatic heterocycles. The average Bonchev–Trinajstić information content (AvgIpc) is 2.62. The van der Waals surface area contributed by atoms with Crippen molar-refractivity contribution in [2.24, 2.45) is 0 Å². The van der Waals surface area contributed by atoms with Gasteiger partial charge in [-0.1, -0.05) is 12.1 Å². The van der Waals surface area contributed by atoms with Crippen LogP contribution in [0.2, 0.25) is 0 Å². The maximum absolute atomic E-state index is 14.1. The minimum absolute atomic E-state index is 0.323. The Morgan fingerprint density at radius 3 is 2.59 bits per heavy atom. The maximum atomic E-state index is 14.1. The Hall–Kier alpha value is -0.450. The number of piperidine rings is 1. The molecule has 4 heteroatoms. The van der Waals surface area contributed by atoms with Crippen LogP contribution in [0.15, 0.2) is 22.7 Å². The van der Waals surface area contributed by atoms with E-state index in [1.807, 2.05) is 0 Å². The highest BCUT2D eigenvalue weighted by Gasteiger charge is 2.44. The minimum Gasteiger partial charge on any atom is -0.385 e. The summed E-state index contributed by atoms with van der Waals surface area (Å²) >= 11 is 3.18. The van der Waals surface area contributed by atoms with E-state index in [9.17, 15) is 9.50 Å². The third kappa shape index (κ3) is 1.92. The molecule has 2 heterocycles. The molecule has 2 nitrogen and oxygen atoms in total. The largest absolute Gasteiger partial charge is 0.385 e. The van der Waals surface area contributed by atoms with E-state index in [1.165, 1.54) is 0 Å². The number of rotatable bonds is 1. The number of fused-ring (bicyclic) bond motifs is 2. The van der Waals surface area contributed by atoms with E-state index in [2.05, 4.69) is 21.2 Å². The fourth-order valence-electron chi connectivity index (χ4n) is 3.21. The Balaban J connectivity index is 2.00. The van der Waals surface area contributed by atoms with Gasteiger partial charge in [-0.3, -0.25) is 0 Å². The topological polar surface area (TPSA) is 32.3 Å². The Morgan fingerprint density at radius 2 is 1.94 bits per heavy atom. The molecule has 2 fully saturated rings. The normalized spacial score (nSPS) is 36.2. The molecular weight excluding hydrogens is 285 g/mol. The SMILES string of the molecule is OC1(c2cccc(Br)c2F)CC2CCC(C1)N2. The summed E-state index contributed by atoms with van der Waals surface area (Å²) in [7, 11) is 0. The lowest BCUT2D eigenvalue weighted by Gasteiger charge is -2.37. The highest BCUT2D eigenvalue weighted by atomic mass is 79.9. The van der Waals surface area contributed by atoms with Crippen molar-refractivity contribution in [1.29, 1.82) is 0 Å². The zero-order valence-corrected chi connectivity index (χ0v) is 11.0. The van der Waals surface area contributed by atoms with E-state index in [0.29, 0.717) is 35.0 Å². The van der Waals surface area contributed by atoms with E-state index in [-0.39, 0.29) is 5.82 Å². The third-order valence-electron chi connectivity index (χ3n) is 3.96. The molecular formula is C13H15BrFNO. The number of benzene rings is 1. The smallest absolute Gasteiger partial charge is 0.143 e. The van der Waals surface area contributed by atoms with E-state index in [1.54, 1.807) is 18.2 Å². The van der Waals surface area contributed by atoms with Crippen LogP contribution in [0, 0.1) is 5.82 Å². The fraction of sp³-hybridized carbons (Fsp3) is 0.538. The predicted octanol–water partition coefficient (Wildman–Crippen LogP) is 2.69. The monoisotopic (exact) mass is 299 g/mol. The number of hydrogen-bond donors (Lipinski definition) is 2. The van der Waals surface area contributed by atoms with E-state index in [4.69, 9.17) is 0 Å². The van der Waals surface area contributed by atoms with Crippen molar-refractivity contribution in [3.63, 3.8) is 0 Å². The molecule has 0 saturated carbocycles. The lowest BCUT2D eigenvalue weighted by molar-refractivity contribution is -0.0144. The number of aliphatic hydroxyl groups is 1. The molecule has 0 radical (unpaired) electrons. The fourth-order valence-corrected chi connectivity index (χ4v) is 3.57. The molecule has 0 amide bonds. The van der Waals surface area contributed by atoms with Gasteiger partial charge in [-0.25, -0.2) is 4.39 Å². The average molecular weight is 300 g/mol. The summed E-state index contributed by atoms with van der Waals surface area (Å²) in [6.45, 7) is 0. The zero-order chi connectivity index (χ0) is 12.0. The lowest BCUT2D eigenvalue weighted by Crippen LogP contribution is -2.47. The standard InChI is InChI=1S/C13H15BrFNO/c14-11-3-1-2-10(12(11)15)13(17)6-8-4-5-9(7-13)16-8/h1-3,8-9,16-17H,4-7H2. The van der Waals surface area contributed by atoms with Gasteiger partial charge in [0.15, 0.2) is 0 Å². The van der Waals surface area contributed by atoms with Crippen molar-refractivity contribution in [1.82, 2.24) is 5.32 Å². The van der Waals surface area contributed by atoms with Crippen LogP contribution in [-0.2, 0) is 5.60 Å². The summed E-state index contributed by atoms with van der Waals surface area (Å²) in [5.74, 6) is -0.323. The predicted molar refractivity (Wildman–Crippen MR) is 67.2 cm³/mol. The van der Waals surface area contributed by atoms with E-state index in [0.717, 1.165) is 12.8 Å². The Morgan fingerprint density at radius 1 is 1.29 bits per heavy atom. The molecule has 2 bridgehead atoms. The molecule has 92 valence electrons. The van der Waals surface area contributed by atoms with Crippen LogP contribution in [0.1, 0.15) is 31.2 Å². The summed E-state index contributed by atoms with van der Waals surface area (Å²) in [4.78, 5) is 0. The molecule has 17 heavy (non-hydrogen) atoms. The van der Waals surface area contributed by atoms with Gasteiger partial charge in [0, 0.05) is 17.6 Å². The highest BCUT2D eigenvalue weighted by molar-refractivity contribution is 9.10. The minimum atomic E-state index is -1.01.